The highest BCUT2D eigenvalue weighted by Crippen LogP contribution is 2.11. The maximum atomic E-state index is 12.8. The van der Waals surface area contributed by atoms with Crippen LogP contribution in [-0.4, -0.2) is 14.5 Å². The van der Waals surface area contributed by atoms with Crippen molar-refractivity contribution in [2.45, 2.75) is 31.2 Å². The Balaban J connectivity index is 2.96. The normalized spacial score (nSPS) is 13.8. The summed E-state index contributed by atoms with van der Waals surface area (Å²) in [4.78, 5) is -0.0391. The predicted molar refractivity (Wildman–Crippen MR) is 56.5 cm³/mol. The van der Waals surface area contributed by atoms with Crippen LogP contribution >= 0.6 is 0 Å². The molecule has 1 atom stereocenters. The third-order valence-corrected chi connectivity index (χ3v) is 3.66. The SMILES string of the molecule is CC[C@H](C)NS(=O)(=O)c1cccc(F)c1. The number of rotatable bonds is 4. The molecule has 0 saturated carbocycles. The molecule has 1 rings (SSSR count). The minimum absolute atomic E-state index is 0.0391. The molecule has 0 spiro atoms. The van der Waals surface area contributed by atoms with E-state index in [0.29, 0.717) is 6.42 Å². The number of sulfonamides is 1. The van der Waals surface area contributed by atoms with Crippen molar-refractivity contribution in [3.63, 3.8) is 0 Å². The van der Waals surface area contributed by atoms with Gasteiger partial charge in [-0.2, -0.15) is 0 Å². The lowest BCUT2D eigenvalue weighted by atomic mass is 10.3. The molecule has 0 radical (unpaired) electrons. The first-order chi connectivity index (χ1) is 6.95. The summed E-state index contributed by atoms with van der Waals surface area (Å²) in [6, 6.07) is 4.81. The second-order valence-corrected chi connectivity index (χ2v) is 5.10. The summed E-state index contributed by atoms with van der Waals surface area (Å²) in [5.41, 5.74) is 0. The van der Waals surface area contributed by atoms with Gasteiger partial charge in [0.25, 0.3) is 0 Å². The Morgan fingerprint density at radius 3 is 2.67 bits per heavy atom. The summed E-state index contributed by atoms with van der Waals surface area (Å²) >= 11 is 0. The molecule has 0 saturated heterocycles. The number of hydrogen-bond donors (Lipinski definition) is 1. The molecule has 1 N–H and O–H groups in total. The fraction of sp³-hybridized carbons (Fsp3) is 0.400. The first-order valence-corrected chi connectivity index (χ1v) is 6.22. The summed E-state index contributed by atoms with van der Waals surface area (Å²) in [6.45, 7) is 3.63. The summed E-state index contributed by atoms with van der Waals surface area (Å²) in [7, 11) is -3.58. The first-order valence-electron chi connectivity index (χ1n) is 4.73. The highest BCUT2D eigenvalue weighted by atomic mass is 32.2. The van der Waals surface area contributed by atoms with Crippen LogP contribution in [0.4, 0.5) is 4.39 Å². The van der Waals surface area contributed by atoms with E-state index in [0.717, 1.165) is 6.07 Å². The highest BCUT2D eigenvalue weighted by Gasteiger charge is 2.16. The third-order valence-electron chi connectivity index (χ3n) is 2.08. The Labute approximate surface area is 89.4 Å². The van der Waals surface area contributed by atoms with Gasteiger partial charge in [-0.1, -0.05) is 13.0 Å². The van der Waals surface area contributed by atoms with Gasteiger partial charge in [-0.25, -0.2) is 17.5 Å². The minimum atomic E-state index is -3.58. The van der Waals surface area contributed by atoms with Gasteiger partial charge in [0.15, 0.2) is 0 Å². The van der Waals surface area contributed by atoms with Gasteiger partial charge in [0.05, 0.1) is 4.90 Å². The number of benzene rings is 1. The Kier molecular flexibility index (Phi) is 3.82. The van der Waals surface area contributed by atoms with Crippen molar-refractivity contribution in [1.82, 2.24) is 4.72 Å². The molecule has 0 amide bonds. The molecule has 1 aromatic carbocycles. The molecular weight excluding hydrogens is 217 g/mol. The molecule has 1 aromatic rings. The topological polar surface area (TPSA) is 46.2 Å². The van der Waals surface area contributed by atoms with Crippen LogP contribution in [0.1, 0.15) is 20.3 Å². The van der Waals surface area contributed by atoms with Gasteiger partial charge < -0.3 is 0 Å². The molecule has 84 valence electrons. The molecule has 5 heteroatoms. The Morgan fingerprint density at radius 1 is 1.47 bits per heavy atom. The van der Waals surface area contributed by atoms with E-state index in [1.807, 2.05) is 6.92 Å². The van der Waals surface area contributed by atoms with Crippen LogP contribution in [0.3, 0.4) is 0 Å². The van der Waals surface area contributed by atoms with E-state index >= 15 is 0 Å². The molecule has 0 aliphatic rings. The monoisotopic (exact) mass is 231 g/mol. The van der Waals surface area contributed by atoms with Crippen LogP contribution in [0.25, 0.3) is 0 Å². The van der Waals surface area contributed by atoms with E-state index in [4.69, 9.17) is 0 Å². The molecule has 0 fully saturated rings. The van der Waals surface area contributed by atoms with Crippen LogP contribution < -0.4 is 4.72 Å². The molecule has 0 aliphatic carbocycles. The number of halogens is 1. The maximum Gasteiger partial charge on any atom is 0.240 e. The highest BCUT2D eigenvalue weighted by molar-refractivity contribution is 7.89. The van der Waals surface area contributed by atoms with Crippen molar-refractivity contribution >= 4 is 10.0 Å². The van der Waals surface area contributed by atoms with Crippen molar-refractivity contribution in [3.8, 4) is 0 Å². The van der Waals surface area contributed by atoms with Gasteiger partial charge >= 0.3 is 0 Å². The lowest BCUT2D eigenvalue weighted by molar-refractivity contribution is 0.553. The van der Waals surface area contributed by atoms with Crippen LogP contribution in [0.5, 0.6) is 0 Å². The molecule has 0 bridgehead atoms. The molecule has 0 aromatic heterocycles. The second kappa shape index (κ2) is 4.72. The third kappa shape index (κ3) is 3.28. The van der Waals surface area contributed by atoms with Gasteiger partial charge in [0.2, 0.25) is 10.0 Å². The summed E-state index contributed by atoms with van der Waals surface area (Å²) in [6.07, 6.45) is 0.689. The van der Waals surface area contributed by atoms with E-state index < -0.39 is 15.8 Å². The minimum Gasteiger partial charge on any atom is -0.208 e. The van der Waals surface area contributed by atoms with Gasteiger partial charge in [-0.05, 0) is 31.5 Å². The largest absolute Gasteiger partial charge is 0.240 e. The molecule has 15 heavy (non-hydrogen) atoms. The van der Waals surface area contributed by atoms with Crippen molar-refractivity contribution in [2.24, 2.45) is 0 Å². The van der Waals surface area contributed by atoms with E-state index in [1.165, 1.54) is 18.2 Å². The lowest BCUT2D eigenvalue weighted by Crippen LogP contribution is -2.32. The van der Waals surface area contributed by atoms with Gasteiger partial charge in [0.1, 0.15) is 5.82 Å². The zero-order valence-electron chi connectivity index (χ0n) is 8.70. The van der Waals surface area contributed by atoms with Crippen LogP contribution in [0.15, 0.2) is 29.2 Å². The summed E-state index contributed by atoms with van der Waals surface area (Å²) in [5.74, 6) is -0.554. The van der Waals surface area contributed by atoms with E-state index in [9.17, 15) is 12.8 Å². The fourth-order valence-electron chi connectivity index (χ4n) is 1.05. The number of nitrogens with one attached hydrogen (secondary N) is 1. The first kappa shape index (κ1) is 12.1. The average molecular weight is 231 g/mol. The zero-order chi connectivity index (χ0) is 11.5. The maximum absolute atomic E-state index is 12.8. The quantitative estimate of drug-likeness (QED) is 0.860. The Hall–Kier alpha value is -0.940. The van der Waals surface area contributed by atoms with Crippen molar-refractivity contribution < 1.29 is 12.8 Å². The molecule has 3 nitrogen and oxygen atoms in total. The average Bonchev–Trinajstić information content (AvgIpc) is 2.17. The van der Waals surface area contributed by atoms with Gasteiger partial charge in [0, 0.05) is 6.04 Å². The second-order valence-electron chi connectivity index (χ2n) is 3.39. The van der Waals surface area contributed by atoms with Crippen LogP contribution in [-0.2, 0) is 10.0 Å². The molecule has 0 aliphatic heterocycles. The standard InChI is InChI=1S/C10H14FNO2S/c1-3-8(2)12-15(13,14)10-6-4-5-9(11)7-10/h4-8,12H,3H2,1-2H3/t8-/m0/s1. The van der Waals surface area contributed by atoms with Gasteiger partial charge in [-0.3, -0.25) is 0 Å². The van der Waals surface area contributed by atoms with E-state index in [-0.39, 0.29) is 10.9 Å². The molecule has 0 unspecified atom stereocenters. The van der Waals surface area contributed by atoms with E-state index in [1.54, 1.807) is 6.92 Å². The van der Waals surface area contributed by atoms with Gasteiger partial charge in [-0.15, -0.1) is 0 Å². The lowest BCUT2D eigenvalue weighted by Gasteiger charge is -2.11. The Morgan fingerprint density at radius 2 is 2.13 bits per heavy atom. The smallest absolute Gasteiger partial charge is 0.208 e. The van der Waals surface area contributed by atoms with Crippen LogP contribution in [0.2, 0.25) is 0 Å². The van der Waals surface area contributed by atoms with Crippen molar-refractivity contribution in [1.29, 1.82) is 0 Å². The van der Waals surface area contributed by atoms with E-state index in [2.05, 4.69) is 4.72 Å². The van der Waals surface area contributed by atoms with Crippen molar-refractivity contribution in [2.75, 3.05) is 0 Å². The number of hydrogen-bond acceptors (Lipinski definition) is 2. The molecular formula is C10H14FNO2S. The predicted octanol–water partition coefficient (Wildman–Crippen LogP) is 1.90. The van der Waals surface area contributed by atoms with Crippen molar-refractivity contribution in [3.05, 3.63) is 30.1 Å². The fourth-order valence-corrected chi connectivity index (χ4v) is 2.41. The zero-order valence-corrected chi connectivity index (χ0v) is 9.51. The summed E-state index contributed by atoms with van der Waals surface area (Å²) in [5, 5.41) is 0. The van der Waals surface area contributed by atoms with Crippen LogP contribution in [0, 0.1) is 5.82 Å². The molecule has 0 heterocycles. The summed E-state index contributed by atoms with van der Waals surface area (Å²) < 4.78 is 38.6. The Bertz CT molecular complexity index is 431.